The van der Waals surface area contributed by atoms with Crippen molar-refractivity contribution < 1.29 is 9.47 Å². The van der Waals surface area contributed by atoms with Gasteiger partial charge in [-0.3, -0.25) is 0 Å². The average molecular weight is 278 g/mol. The minimum Gasteiger partial charge on any atom is -0.497 e. The van der Waals surface area contributed by atoms with Crippen LogP contribution in [0.5, 0.6) is 11.5 Å². The first-order chi connectivity index (χ1) is 9.47. The Bertz CT molecular complexity index is 398. The number of rotatable bonds is 8. The van der Waals surface area contributed by atoms with Crippen molar-refractivity contribution in [2.75, 3.05) is 14.2 Å². The van der Waals surface area contributed by atoms with E-state index in [2.05, 4.69) is 33.8 Å². The molecule has 0 saturated heterocycles. The Balaban J connectivity index is 2.68. The third kappa shape index (κ3) is 5.07. The van der Waals surface area contributed by atoms with Gasteiger partial charge >= 0.3 is 0 Å². The zero-order chi connectivity index (χ0) is 15.1. The zero-order valence-corrected chi connectivity index (χ0v) is 13.9. The van der Waals surface area contributed by atoms with Crippen molar-refractivity contribution >= 4 is 0 Å². The molecule has 1 aromatic carbocycles. The molecule has 1 aromatic rings. The number of hydrogen-bond donors (Lipinski definition) is 0. The average Bonchev–Trinajstić information content (AvgIpc) is 2.43. The maximum Gasteiger partial charge on any atom is 0.122 e. The molecule has 2 unspecified atom stereocenters. The summed E-state index contributed by atoms with van der Waals surface area (Å²) in [5.41, 5.74) is 1.25. The lowest BCUT2D eigenvalue weighted by molar-refractivity contribution is 0.379. The van der Waals surface area contributed by atoms with Gasteiger partial charge in [0.05, 0.1) is 14.2 Å². The molecule has 0 aliphatic heterocycles. The van der Waals surface area contributed by atoms with Crippen LogP contribution in [-0.4, -0.2) is 14.2 Å². The lowest BCUT2D eigenvalue weighted by atomic mass is 9.88. The van der Waals surface area contributed by atoms with E-state index in [0.29, 0.717) is 5.92 Å². The molecule has 0 amide bonds. The van der Waals surface area contributed by atoms with E-state index in [0.717, 1.165) is 23.3 Å². The number of ether oxygens (including phenoxy) is 2. The molecule has 1 rings (SSSR count). The minimum absolute atomic E-state index is 0.495. The molecule has 2 atom stereocenters. The second-order valence-electron chi connectivity index (χ2n) is 6.32. The Hall–Kier alpha value is -1.18. The van der Waals surface area contributed by atoms with Gasteiger partial charge < -0.3 is 9.47 Å². The van der Waals surface area contributed by atoms with Crippen LogP contribution in [0.25, 0.3) is 0 Å². The highest BCUT2D eigenvalue weighted by atomic mass is 16.5. The van der Waals surface area contributed by atoms with E-state index in [4.69, 9.17) is 9.47 Å². The molecule has 0 spiro atoms. The van der Waals surface area contributed by atoms with Gasteiger partial charge in [-0.15, -0.1) is 0 Å². The molecule has 114 valence electrons. The maximum absolute atomic E-state index is 5.48. The maximum atomic E-state index is 5.48. The summed E-state index contributed by atoms with van der Waals surface area (Å²) in [6, 6.07) is 6.06. The molecule has 0 saturated carbocycles. The van der Waals surface area contributed by atoms with Crippen molar-refractivity contribution in [3.8, 4) is 11.5 Å². The van der Waals surface area contributed by atoms with Crippen molar-refractivity contribution in [1.29, 1.82) is 0 Å². The van der Waals surface area contributed by atoms with Crippen molar-refractivity contribution in [2.24, 2.45) is 11.8 Å². The van der Waals surface area contributed by atoms with Gasteiger partial charge in [-0.05, 0) is 48.8 Å². The Labute approximate surface area is 124 Å². The van der Waals surface area contributed by atoms with Crippen LogP contribution in [0.3, 0.4) is 0 Å². The van der Waals surface area contributed by atoms with Crippen LogP contribution in [0, 0.1) is 11.8 Å². The molecule has 0 aromatic heterocycles. The van der Waals surface area contributed by atoms with Crippen molar-refractivity contribution in [1.82, 2.24) is 0 Å². The highest BCUT2D eigenvalue weighted by molar-refractivity contribution is 5.42. The first-order valence-electron chi connectivity index (χ1n) is 7.69. The van der Waals surface area contributed by atoms with Gasteiger partial charge in [-0.25, -0.2) is 0 Å². The van der Waals surface area contributed by atoms with Crippen molar-refractivity contribution in [3.63, 3.8) is 0 Å². The second-order valence-corrected chi connectivity index (χ2v) is 6.32. The fraction of sp³-hybridized carbons (Fsp3) is 0.667. The lowest BCUT2D eigenvalue weighted by Gasteiger charge is -2.19. The third-order valence-corrected chi connectivity index (χ3v) is 3.93. The molecule has 0 fully saturated rings. The molecular formula is C18H30O2. The van der Waals surface area contributed by atoms with E-state index in [1.54, 1.807) is 14.2 Å². The first kappa shape index (κ1) is 16.9. The van der Waals surface area contributed by atoms with Gasteiger partial charge in [0.15, 0.2) is 0 Å². The van der Waals surface area contributed by atoms with E-state index in [1.807, 2.05) is 12.1 Å². The van der Waals surface area contributed by atoms with E-state index < -0.39 is 0 Å². The molecule has 0 heterocycles. The molecule has 0 aliphatic rings. The van der Waals surface area contributed by atoms with Crippen molar-refractivity contribution in [3.05, 3.63) is 23.8 Å². The quantitative estimate of drug-likeness (QED) is 0.645. The van der Waals surface area contributed by atoms with E-state index in [9.17, 15) is 0 Å². The van der Waals surface area contributed by atoms with E-state index in [-0.39, 0.29) is 0 Å². The van der Waals surface area contributed by atoms with Crippen LogP contribution in [-0.2, 0) is 0 Å². The number of methoxy groups -OCH3 is 2. The largest absolute Gasteiger partial charge is 0.497 e. The standard InChI is InChI=1S/C18H30O2/c1-13(2)11-14(3)7-8-15(4)17-12-16(19-5)9-10-18(17)20-6/h9-10,12-15H,7-8,11H2,1-6H3. The van der Waals surface area contributed by atoms with Crippen LogP contribution in [0.15, 0.2) is 18.2 Å². The van der Waals surface area contributed by atoms with E-state index in [1.165, 1.54) is 24.8 Å². The molecule has 20 heavy (non-hydrogen) atoms. The monoisotopic (exact) mass is 278 g/mol. The summed E-state index contributed by atoms with van der Waals surface area (Å²) >= 11 is 0. The van der Waals surface area contributed by atoms with Crippen LogP contribution in [0.4, 0.5) is 0 Å². The van der Waals surface area contributed by atoms with Crippen LogP contribution in [0.2, 0.25) is 0 Å². The number of benzene rings is 1. The van der Waals surface area contributed by atoms with Crippen LogP contribution in [0.1, 0.15) is 58.4 Å². The molecule has 0 aliphatic carbocycles. The summed E-state index contributed by atoms with van der Waals surface area (Å²) < 4.78 is 10.8. The van der Waals surface area contributed by atoms with Gasteiger partial charge in [0, 0.05) is 5.56 Å². The topological polar surface area (TPSA) is 18.5 Å². The normalized spacial score (nSPS) is 14.2. The summed E-state index contributed by atoms with van der Waals surface area (Å²) in [4.78, 5) is 0. The molecule has 0 N–H and O–H groups in total. The van der Waals surface area contributed by atoms with Crippen molar-refractivity contribution in [2.45, 2.75) is 52.9 Å². The fourth-order valence-electron chi connectivity index (χ4n) is 2.84. The number of hydrogen-bond acceptors (Lipinski definition) is 2. The lowest BCUT2D eigenvalue weighted by Crippen LogP contribution is -2.04. The molecule has 0 bridgehead atoms. The highest BCUT2D eigenvalue weighted by Crippen LogP contribution is 2.34. The molecular weight excluding hydrogens is 248 g/mol. The molecule has 2 heteroatoms. The summed E-state index contributed by atoms with van der Waals surface area (Å²) in [5.74, 6) is 3.94. The first-order valence-corrected chi connectivity index (χ1v) is 7.69. The summed E-state index contributed by atoms with van der Waals surface area (Å²) in [6.45, 7) is 9.23. The summed E-state index contributed by atoms with van der Waals surface area (Å²) in [5, 5.41) is 0. The van der Waals surface area contributed by atoms with Gasteiger partial charge in [0.1, 0.15) is 11.5 Å². The van der Waals surface area contributed by atoms with Gasteiger partial charge in [-0.2, -0.15) is 0 Å². The zero-order valence-electron chi connectivity index (χ0n) is 13.9. The van der Waals surface area contributed by atoms with E-state index >= 15 is 0 Å². The SMILES string of the molecule is COc1ccc(OC)c(C(C)CCC(C)CC(C)C)c1. The predicted molar refractivity (Wildman–Crippen MR) is 85.8 cm³/mol. The fourth-order valence-corrected chi connectivity index (χ4v) is 2.84. The molecule has 0 radical (unpaired) electrons. The van der Waals surface area contributed by atoms with Crippen LogP contribution < -0.4 is 9.47 Å². The molecule has 2 nitrogen and oxygen atoms in total. The smallest absolute Gasteiger partial charge is 0.122 e. The predicted octanol–water partition coefficient (Wildman–Crippen LogP) is 5.27. The summed E-state index contributed by atoms with van der Waals surface area (Å²) in [7, 11) is 3.44. The Morgan fingerprint density at radius 2 is 1.65 bits per heavy atom. The highest BCUT2D eigenvalue weighted by Gasteiger charge is 2.14. The summed E-state index contributed by atoms with van der Waals surface area (Å²) in [6.07, 6.45) is 3.76. The third-order valence-electron chi connectivity index (χ3n) is 3.93. The Kier molecular flexibility index (Phi) is 6.90. The second kappa shape index (κ2) is 8.18. The minimum atomic E-state index is 0.495. The Morgan fingerprint density at radius 3 is 2.20 bits per heavy atom. The van der Waals surface area contributed by atoms with Gasteiger partial charge in [-0.1, -0.05) is 34.1 Å². The van der Waals surface area contributed by atoms with Crippen LogP contribution >= 0.6 is 0 Å². The van der Waals surface area contributed by atoms with Gasteiger partial charge in [0.25, 0.3) is 0 Å². The van der Waals surface area contributed by atoms with Gasteiger partial charge in [0.2, 0.25) is 0 Å². The Morgan fingerprint density at radius 1 is 0.950 bits per heavy atom.